The summed E-state index contributed by atoms with van der Waals surface area (Å²) in [7, 11) is 0. The zero-order chi connectivity index (χ0) is 36.5. The summed E-state index contributed by atoms with van der Waals surface area (Å²) in [5, 5.41) is 11.3. The second kappa shape index (κ2) is 11.3. The van der Waals surface area contributed by atoms with E-state index in [1.165, 1.54) is 119 Å². The first-order chi connectivity index (χ1) is 27.8. The van der Waals surface area contributed by atoms with E-state index in [1.807, 2.05) is 0 Å². The predicted molar refractivity (Wildman–Crippen MR) is 237 cm³/mol. The molecule has 0 radical (unpaired) electrons. The van der Waals surface area contributed by atoms with Crippen molar-refractivity contribution in [1.82, 2.24) is 14.5 Å². The summed E-state index contributed by atoms with van der Waals surface area (Å²) in [6.45, 7) is 0. The molecule has 3 nitrogen and oxygen atoms in total. The molecule has 11 aromatic rings. The van der Waals surface area contributed by atoms with Crippen molar-refractivity contribution in [2.24, 2.45) is 0 Å². The normalized spacial score (nSPS) is 14.9. The molecule has 0 aliphatic heterocycles. The van der Waals surface area contributed by atoms with Crippen molar-refractivity contribution in [3.05, 3.63) is 163 Å². The molecule has 8 aromatic carbocycles. The van der Waals surface area contributed by atoms with Crippen molar-refractivity contribution in [3.8, 4) is 28.3 Å². The average Bonchev–Trinajstić information content (AvgIpc) is 3.90. The largest absolute Gasteiger partial charge is 0.277 e. The minimum Gasteiger partial charge on any atom is -0.277 e. The number of aromatic nitrogens is 3. The van der Waals surface area contributed by atoms with Gasteiger partial charge in [0.05, 0.1) is 26.9 Å². The van der Waals surface area contributed by atoms with Gasteiger partial charge in [-0.2, -0.15) is 0 Å². The van der Waals surface area contributed by atoms with Gasteiger partial charge in [0, 0.05) is 42.6 Å². The molecule has 4 heteroatoms. The topological polar surface area (TPSA) is 30.7 Å². The van der Waals surface area contributed by atoms with E-state index in [2.05, 4.69) is 156 Å². The number of benzene rings is 8. The van der Waals surface area contributed by atoms with Crippen LogP contribution in [-0.2, 0) is 5.41 Å². The SMILES string of the molecule is c1ccc2c(c1)-c1c(c3c4ccc5ccccc5c4n(-c4nc(-c5ccc6ccccc6c5)c5sc6ccccc6c5n4)c3c3ccccc13)C21CCCCC1. The van der Waals surface area contributed by atoms with E-state index < -0.39 is 0 Å². The van der Waals surface area contributed by atoms with Gasteiger partial charge in [-0.15, -0.1) is 11.3 Å². The van der Waals surface area contributed by atoms with Crippen LogP contribution in [0.2, 0.25) is 0 Å². The maximum atomic E-state index is 5.73. The lowest BCUT2D eigenvalue weighted by Gasteiger charge is -2.36. The Labute approximate surface area is 327 Å². The van der Waals surface area contributed by atoms with Crippen LogP contribution >= 0.6 is 11.3 Å². The summed E-state index contributed by atoms with van der Waals surface area (Å²) in [6, 6.07) is 56.2. The van der Waals surface area contributed by atoms with Crippen LogP contribution in [0.15, 0.2) is 152 Å². The first-order valence-corrected chi connectivity index (χ1v) is 20.8. The number of hydrogen-bond acceptors (Lipinski definition) is 3. The third-order valence-electron chi connectivity index (χ3n) is 13.1. The second-order valence-electron chi connectivity index (χ2n) is 15.9. The van der Waals surface area contributed by atoms with E-state index in [-0.39, 0.29) is 5.41 Å². The summed E-state index contributed by atoms with van der Waals surface area (Å²) in [5.41, 5.74) is 11.3. The minimum absolute atomic E-state index is 0.0398. The molecule has 0 saturated heterocycles. The molecule has 13 rings (SSSR count). The lowest BCUT2D eigenvalue weighted by molar-refractivity contribution is 0.355. The van der Waals surface area contributed by atoms with E-state index in [4.69, 9.17) is 9.97 Å². The van der Waals surface area contributed by atoms with E-state index in [0.29, 0.717) is 0 Å². The van der Waals surface area contributed by atoms with Gasteiger partial charge in [-0.1, -0.05) is 159 Å². The highest BCUT2D eigenvalue weighted by Gasteiger charge is 2.46. The molecule has 0 unspecified atom stereocenters. The monoisotopic (exact) mass is 733 g/mol. The lowest BCUT2D eigenvalue weighted by atomic mass is 9.66. The Morgan fingerprint density at radius 2 is 1.23 bits per heavy atom. The fraction of sp³-hybridized carbons (Fsp3) is 0.115. The van der Waals surface area contributed by atoms with Crippen LogP contribution in [0.25, 0.3) is 103 Å². The fourth-order valence-electron chi connectivity index (χ4n) is 10.8. The van der Waals surface area contributed by atoms with Crippen molar-refractivity contribution < 1.29 is 0 Å². The molecule has 1 fully saturated rings. The van der Waals surface area contributed by atoms with Crippen LogP contribution in [0.4, 0.5) is 0 Å². The van der Waals surface area contributed by atoms with Crippen LogP contribution in [0, 0.1) is 0 Å². The maximum absolute atomic E-state index is 5.73. The van der Waals surface area contributed by atoms with Gasteiger partial charge in [-0.05, 0) is 68.8 Å². The van der Waals surface area contributed by atoms with Crippen LogP contribution in [0.5, 0.6) is 0 Å². The van der Waals surface area contributed by atoms with Crippen molar-refractivity contribution in [2.75, 3.05) is 0 Å². The predicted octanol–water partition coefficient (Wildman–Crippen LogP) is 14.3. The Balaban J connectivity index is 1.26. The quantitative estimate of drug-likeness (QED) is 0.177. The van der Waals surface area contributed by atoms with E-state index >= 15 is 0 Å². The molecule has 3 aromatic heterocycles. The third kappa shape index (κ3) is 4.02. The van der Waals surface area contributed by atoms with Gasteiger partial charge < -0.3 is 0 Å². The zero-order valence-electron chi connectivity index (χ0n) is 30.7. The maximum Gasteiger partial charge on any atom is 0.235 e. The van der Waals surface area contributed by atoms with Crippen molar-refractivity contribution in [3.63, 3.8) is 0 Å². The number of hydrogen-bond donors (Lipinski definition) is 0. The molecule has 0 N–H and O–H groups in total. The number of thiophene rings is 1. The smallest absolute Gasteiger partial charge is 0.235 e. The first kappa shape index (κ1) is 30.9. The molecule has 2 aliphatic carbocycles. The summed E-state index contributed by atoms with van der Waals surface area (Å²) >= 11 is 1.80. The highest BCUT2D eigenvalue weighted by Crippen LogP contribution is 2.61. The van der Waals surface area contributed by atoms with Gasteiger partial charge in [0.25, 0.3) is 0 Å². The van der Waals surface area contributed by atoms with Gasteiger partial charge in [0.1, 0.15) is 0 Å². The number of nitrogens with zero attached hydrogens (tertiary/aromatic N) is 3. The third-order valence-corrected chi connectivity index (χ3v) is 14.3. The Hall–Kier alpha value is -6.36. The van der Waals surface area contributed by atoms with Gasteiger partial charge >= 0.3 is 0 Å². The first-order valence-electron chi connectivity index (χ1n) is 20.0. The van der Waals surface area contributed by atoms with Gasteiger partial charge in [0.15, 0.2) is 0 Å². The van der Waals surface area contributed by atoms with Crippen molar-refractivity contribution >= 4 is 85.8 Å². The molecule has 0 amide bonds. The van der Waals surface area contributed by atoms with Gasteiger partial charge in [0.2, 0.25) is 5.95 Å². The molecular weight excluding hydrogens is 699 g/mol. The van der Waals surface area contributed by atoms with Crippen molar-refractivity contribution in [1.29, 1.82) is 0 Å². The summed E-state index contributed by atoms with van der Waals surface area (Å²) in [4.78, 5) is 11.4. The second-order valence-corrected chi connectivity index (χ2v) is 17.0. The number of fused-ring (bicyclic) bond motifs is 18. The number of rotatable bonds is 2. The Bertz CT molecular complexity index is 3470. The van der Waals surface area contributed by atoms with Crippen LogP contribution in [-0.4, -0.2) is 14.5 Å². The fourth-order valence-corrected chi connectivity index (χ4v) is 12.0. The molecule has 264 valence electrons. The van der Waals surface area contributed by atoms with Crippen LogP contribution in [0.1, 0.15) is 43.2 Å². The Kier molecular flexibility index (Phi) is 6.26. The molecule has 2 aliphatic rings. The van der Waals surface area contributed by atoms with Crippen molar-refractivity contribution in [2.45, 2.75) is 37.5 Å². The summed E-state index contributed by atoms with van der Waals surface area (Å²) in [6.07, 6.45) is 6.11. The Morgan fingerprint density at radius 1 is 0.536 bits per heavy atom. The molecule has 0 atom stereocenters. The van der Waals surface area contributed by atoms with E-state index in [9.17, 15) is 0 Å². The minimum atomic E-state index is -0.0398. The molecular formula is C52H35N3S. The van der Waals surface area contributed by atoms with E-state index in [1.54, 1.807) is 11.3 Å². The average molecular weight is 734 g/mol. The molecule has 56 heavy (non-hydrogen) atoms. The van der Waals surface area contributed by atoms with E-state index in [0.717, 1.165) is 27.4 Å². The van der Waals surface area contributed by atoms with Gasteiger partial charge in [-0.25, -0.2) is 9.97 Å². The molecule has 3 heterocycles. The Morgan fingerprint density at radius 3 is 2.11 bits per heavy atom. The molecule has 1 saturated carbocycles. The summed E-state index contributed by atoms with van der Waals surface area (Å²) in [5.74, 6) is 0.721. The lowest BCUT2D eigenvalue weighted by Crippen LogP contribution is -2.28. The molecule has 0 bridgehead atoms. The summed E-state index contributed by atoms with van der Waals surface area (Å²) < 4.78 is 4.81. The standard InChI is InChI=1S/C52H35N3S/c1-12-28-52(29-13-1)41-22-10-8-20-38(41)43-36-18-6-7-19-37(36)49-44(45(43)52)40-27-26-32-15-4-5-17-35(32)48(40)55(49)51-53-46(34-25-24-31-14-2-3-16-33(31)30-34)50-47(54-51)39-21-9-11-23-42(39)56-50/h2-11,14-27,30H,1,12-13,28-29H2. The molecule has 1 spiro atoms. The zero-order valence-corrected chi connectivity index (χ0v) is 31.5. The van der Waals surface area contributed by atoms with Crippen LogP contribution in [0.3, 0.4) is 0 Å². The highest BCUT2D eigenvalue weighted by atomic mass is 32.1. The van der Waals surface area contributed by atoms with Crippen LogP contribution < -0.4 is 0 Å². The van der Waals surface area contributed by atoms with Gasteiger partial charge in [-0.3, -0.25) is 4.57 Å². The highest BCUT2D eigenvalue weighted by molar-refractivity contribution is 7.26.